The zero-order valence-electron chi connectivity index (χ0n) is 8.28. The van der Waals surface area contributed by atoms with E-state index in [0.717, 1.165) is 21.9 Å². The molecule has 0 heterocycles. The van der Waals surface area contributed by atoms with Gasteiger partial charge >= 0.3 is 0 Å². The average Bonchev–Trinajstić information content (AvgIpc) is 2.28. The van der Waals surface area contributed by atoms with Crippen LogP contribution < -0.4 is 0 Å². The first kappa shape index (κ1) is 11.4. The smallest absolute Gasteiger partial charge is 0.150 e. The van der Waals surface area contributed by atoms with Crippen molar-refractivity contribution < 1.29 is 4.79 Å². The Labute approximate surface area is 107 Å². The molecule has 0 unspecified atom stereocenters. The lowest BCUT2D eigenvalue weighted by Gasteiger charge is -2.03. The number of rotatable bonds is 2. The average molecular weight is 296 g/mol. The fourth-order valence-corrected chi connectivity index (χ4v) is 2.33. The molecule has 0 bridgehead atoms. The van der Waals surface area contributed by atoms with Crippen molar-refractivity contribution in [2.24, 2.45) is 0 Å². The molecular weight excluding hydrogens is 287 g/mol. The summed E-state index contributed by atoms with van der Waals surface area (Å²) in [5.41, 5.74) is 2.73. The van der Waals surface area contributed by atoms with Crippen LogP contribution in [0.5, 0.6) is 0 Å². The topological polar surface area (TPSA) is 17.1 Å². The standard InChI is InChI=1S/C13H8BrClO/c14-12-5-11(6-13(15)7-12)10-3-1-9(8-16)2-4-10/h1-8H. The first-order valence-corrected chi connectivity index (χ1v) is 5.88. The first-order chi connectivity index (χ1) is 7.69. The minimum Gasteiger partial charge on any atom is -0.298 e. The summed E-state index contributed by atoms with van der Waals surface area (Å²) in [6.45, 7) is 0. The molecule has 0 amide bonds. The van der Waals surface area contributed by atoms with E-state index in [0.29, 0.717) is 10.6 Å². The van der Waals surface area contributed by atoms with Gasteiger partial charge in [-0.2, -0.15) is 0 Å². The lowest BCUT2D eigenvalue weighted by atomic mass is 10.0. The Morgan fingerprint density at radius 3 is 2.25 bits per heavy atom. The molecule has 2 rings (SSSR count). The van der Waals surface area contributed by atoms with Crippen LogP contribution >= 0.6 is 27.5 Å². The van der Waals surface area contributed by atoms with Crippen molar-refractivity contribution in [1.82, 2.24) is 0 Å². The summed E-state index contributed by atoms with van der Waals surface area (Å²) < 4.78 is 0.939. The van der Waals surface area contributed by atoms with E-state index in [1.165, 1.54) is 0 Å². The Balaban J connectivity index is 2.45. The van der Waals surface area contributed by atoms with Gasteiger partial charge in [0.2, 0.25) is 0 Å². The summed E-state index contributed by atoms with van der Waals surface area (Å²) in [6.07, 6.45) is 0.831. The van der Waals surface area contributed by atoms with Crippen LogP contribution in [0, 0.1) is 0 Å². The molecule has 2 aromatic rings. The van der Waals surface area contributed by atoms with Gasteiger partial charge in [0, 0.05) is 15.1 Å². The van der Waals surface area contributed by atoms with Crippen molar-refractivity contribution in [2.75, 3.05) is 0 Å². The molecule has 0 aliphatic heterocycles. The normalized spacial score (nSPS) is 10.1. The second-order valence-electron chi connectivity index (χ2n) is 3.40. The monoisotopic (exact) mass is 294 g/mol. The van der Waals surface area contributed by atoms with Gasteiger partial charge in [0.1, 0.15) is 6.29 Å². The lowest BCUT2D eigenvalue weighted by molar-refractivity contribution is 0.112. The molecule has 3 heteroatoms. The van der Waals surface area contributed by atoms with E-state index in [9.17, 15) is 4.79 Å². The van der Waals surface area contributed by atoms with Gasteiger partial charge in [0.05, 0.1) is 0 Å². The molecule has 0 N–H and O–H groups in total. The summed E-state index contributed by atoms with van der Waals surface area (Å²) in [4.78, 5) is 10.5. The minimum atomic E-state index is 0.671. The second kappa shape index (κ2) is 4.81. The van der Waals surface area contributed by atoms with E-state index in [-0.39, 0.29) is 0 Å². The van der Waals surface area contributed by atoms with Gasteiger partial charge in [-0.3, -0.25) is 4.79 Å². The maximum Gasteiger partial charge on any atom is 0.150 e. The van der Waals surface area contributed by atoms with Crippen LogP contribution in [0.2, 0.25) is 5.02 Å². The number of benzene rings is 2. The van der Waals surface area contributed by atoms with E-state index in [2.05, 4.69) is 15.9 Å². The van der Waals surface area contributed by atoms with Gasteiger partial charge in [0.15, 0.2) is 0 Å². The Morgan fingerprint density at radius 1 is 1.00 bits per heavy atom. The molecule has 0 aromatic heterocycles. The van der Waals surface area contributed by atoms with E-state index in [4.69, 9.17) is 11.6 Å². The molecule has 16 heavy (non-hydrogen) atoms. The summed E-state index contributed by atoms with van der Waals surface area (Å²) in [7, 11) is 0. The third kappa shape index (κ3) is 2.52. The molecule has 0 spiro atoms. The van der Waals surface area contributed by atoms with E-state index < -0.39 is 0 Å². The molecule has 0 radical (unpaired) electrons. The number of carbonyl (C=O) groups excluding carboxylic acids is 1. The highest BCUT2D eigenvalue weighted by molar-refractivity contribution is 9.10. The van der Waals surface area contributed by atoms with Crippen LogP contribution in [0.25, 0.3) is 11.1 Å². The van der Waals surface area contributed by atoms with Gasteiger partial charge in [-0.1, -0.05) is 51.8 Å². The Morgan fingerprint density at radius 2 is 1.69 bits per heavy atom. The quantitative estimate of drug-likeness (QED) is 0.741. The minimum absolute atomic E-state index is 0.671. The van der Waals surface area contributed by atoms with Crippen LogP contribution in [0.1, 0.15) is 10.4 Å². The molecule has 0 aliphatic carbocycles. The van der Waals surface area contributed by atoms with Gasteiger partial charge in [-0.05, 0) is 29.3 Å². The second-order valence-corrected chi connectivity index (χ2v) is 4.75. The Bertz CT molecular complexity index is 500. The maximum atomic E-state index is 10.5. The predicted molar refractivity (Wildman–Crippen MR) is 70.0 cm³/mol. The van der Waals surface area contributed by atoms with Crippen LogP contribution in [0.4, 0.5) is 0 Å². The predicted octanol–water partition coefficient (Wildman–Crippen LogP) is 4.58. The Hall–Kier alpha value is -1.12. The van der Waals surface area contributed by atoms with Crippen molar-refractivity contribution in [2.45, 2.75) is 0 Å². The third-order valence-electron chi connectivity index (χ3n) is 2.24. The van der Waals surface area contributed by atoms with Crippen LogP contribution in [0.15, 0.2) is 46.9 Å². The van der Waals surface area contributed by atoms with Crippen molar-refractivity contribution in [3.05, 3.63) is 57.5 Å². The zero-order valence-corrected chi connectivity index (χ0v) is 10.6. The van der Waals surface area contributed by atoms with Gasteiger partial charge in [-0.15, -0.1) is 0 Å². The molecule has 2 aromatic carbocycles. The van der Waals surface area contributed by atoms with Crippen molar-refractivity contribution in [3.63, 3.8) is 0 Å². The van der Waals surface area contributed by atoms with Gasteiger partial charge < -0.3 is 0 Å². The highest BCUT2D eigenvalue weighted by Crippen LogP contribution is 2.27. The molecule has 0 saturated heterocycles. The van der Waals surface area contributed by atoms with Crippen LogP contribution in [-0.4, -0.2) is 6.29 Å². The number of hydrogen-bond donors (Lipinski definition) is 0. The third-order valence-corrected chi connectivity index (χ3v) is 2.92. The van der Waals surface area contributed by atoms with Gasteiger partial charge in [0.25, 0.3) is 0 Å². The highest BCUT2D eigenvalue weighted by atomic mass is 79.9. The van der Waals surface area contributed by atoms with Crippen molar-refractivity contribution >= 4 is 33.8 Å². The first-order valence-electron chi connectivity index (χ1n) is 4.71. The SMILES string of the molecule is O=Cc1ccc(-c2cc(Cl)cc(Br)c2)cc1. The molecule has 1 nitrogen and oxygen atoms in total. The van der Waals surface area contributed by atoms with Crippen molar-refractivity contribution in [1.29, 1.82) is 0 Å². The lowest BCUT2D eigenvalue weighted by Crippen LogP contribution is -1.81. The maximum absolute atomic E-state index is 10.5. The fourth-order valence-electron chi connectivity index (χ4n) is 1.47. The molecule has 80 valence electrons. The number of hydrogen-bond acceptors (Lipinski definition) is 1. The van der Waals surface area contributed by atoms with E-state index >= 15 is 0 Å². The molecule has 0 atom stereocenters. The summed E-state index contributed by atoms with van der Waals surface area (Å²) in [5.74, 6) is 0. The highest BCUT2D eigenvalue weighted by Gasteiger charge is 2.01. The summed E-state index contributed by atoms with van der Waals surface area (Å²) >= 11 is 9.37. The van der Waals surface area contributed by atoms with Crippen LogP contribution in [0.3, 0.4) is 0 Å². The van der Waals surface area contributed by atoms with E-state index in [1.807, 2.05) is 30.3 Å². The molecule has 0 fully saturated rings. The van der Waals surface area contributed by atoms with Gasteiger partial charge in [-0.25, -0.2) is 0 Å². The number of halogens is 2. The molecule has 0 aliphatic rings. The fraction of sp³-hybridized carbons (Fsp3) is 0. The van der Waals surface area contributed by atoms with E-state index in [1.54, 1.807) is 12.1 Å². The number of carbonyl (C=O) groups is 1. The Kier molecular flexibility index (Phi) is 3.42. The van der Waals surface area contributed by atoms with Crippen molar-refractivity contribution in [3.8, 4) is 11.1 Å². The summed E-state index contributed by atoms with van der Waals surface area (Å²) in [6, 6.07) is 13.1. The number of aldehydes is 1. The largest absolute Gasteiger partial charge is 0.298 e. The van der Waals surface area contributed by atoms with Crippen LogP contribution in [-0.2, 0) is 0 Å². The molecule has 0 saturated carbocycles. The molecular formula is C13H8BrClO. The summed E-state index contributed by atoms with van der Waals surface area (Å²) in [5, 5.41) is 0.684. The zero-order chi connectivity index (χ0) is 11.5.